The van der Waals surface area contributed by atoms with E-state index in [4.69, 9.17) is 12.0 Å². The highest BCUT2D eigenvalue weighted by molar-refractivity contribution is 7.69. The van der Waals surface area contributed by atoms with Gasteiger partial charge in [-0.3, -0.25) is 9.34 Å². The molecule has 4 heteroatoms. The molecular weight excluding hydrogens is 373 g/mol. The van der Waals surface area contributed by atoms with Gasteiger partial charge in [-0.25, -0.2) is 0 Å². The van der Waals surface area contributed by atoms with E-state index in [2.05, 4.69) is 66.2 Å². The zero-order valence-corrected chi connectivity index (χ0v) is 18.8. The third kappa shape index (κ3) is 4.53. The lowest BCUT2D eigenvalue weighted by Gasteiger charge is -2.30. The molecule has 4 rings (SSSR count). The lowest BCUT2D eigenvalue weighted by atomic mass is 9.94. The van der Waals surface area contributed by atoms with Crippen LogP contribution in [0.3, 0.4) is 0 Å². The molecule has 2 fully saturated rings. The first kappa shape index (κ1) is 20.5. The first-order valence-corrected chi connectivity index (χ1v) is 12.8. The minimum Gasteiger partial charge on any atom is -0.398 e. The lowest BCUT2D eigenvalue weighted by Crippen LogP contribution is -2.13. The fraction of sp³-hybridized carbons (Fsp3) is 0.400. The van der Waals surface area contributed by atoms with Crippen LogP contribution in [-0.4, -0.2) is 48.0 Å². The first-order chi connectivity index (χ1) is 13.9. The Kier molecular flexibility index (Phi) is 5.75. The number of hydrogen-bond acceptors (Lipinski definition) is 3. The topological polar surface area (TPSA) is 32.0 Å². The average Bonchev–Trinajstić information content (AvgIpc) is 3.57. The highest BCUT2D eigenvalue weighted by Gasteiger charge is 2.42. The van der Waals surface area contributed by atoms with Gasteiger partial charge in [-0.05, 0) is 65.7 Å². The molecule has 0 radical (unpaired) electrons. The largest absolute Gasteiger partial charge is 0.398 e. The molecule has 0 saturated carbocycles. The number of rotatable bonds is 9. The van der Waals surface area contributed by atoms with Gasteiger partial charge in [0.15, 0.2) is 0 Å². The first-order valence-electron chi connectivity index (χ1n) is 10.7. The molecule has 154 valence electrons. The predicted molar refractivity (Wildman–Crippen MR) is 129 cm³/mol. The molecule has 2 aliphatic heterocycles. The van der Waals surface area contributed by atoms with Crippen LogP contribution in [0.1, 0.15) is 40.7 Å². The number of nitrogen functional groups attached to an aromatic ring is 1. The maximum absolute atomic E-state index is 6.36. The Bertz CT molecular complexity index is 941. The number of aryl methyl sites for hydroxylation is 1. The second kappa shape index (κ2) is 8.14. The van der Waals surface area contributed by atoms with Crippen LogP contribution in [0.5, 0.6) is 0 Å². The van der Waals surface area contributed by atoms with Crippen molar-refractivity contribution in [2.75, 3.05) is 38.1 Å². The van der Waals surface area contributed by atoms with Crippen molar-refractivity contribution in [3.8, 4) is 0 Å². The Morgan fingerprint density at radius 3 is 2.34 bits per heavy atom. The summed E-state index contributed by atoms with van der Waals surface area (Å²) in [5, 5.41) is 0. The fourth-order valence-electron chi connectivity index (χ4n) is 4.35. The van der Waals surface area contributed by atoms with E-state index >= 15 is 0 Å². The van der Waals surface area contributed by atoms with E-state index in [1.54, 1.807) is 0 Å². The van der Waals surface area contributed by atoms with Crippen molar-refractivity contribution in [2.45, 2.75) is 32.6 Å². The summed E-state index contributed by atoms with van der Waals surface area (Å²) in [5.74, 6) is 0.498. The van der Waals surface area contributed by atoms with Gasteiger partial charge in [0.25, 0.3) is 0 Å². The molecule has 0 aliphatic carbocycles. The highest BCUT2D eigenvalue weighted by atomic mass is 31.2. The summed E-state index contributed by atoms with van der Waals surface area (Å²) in [6.07, 6.45) is 9.67. The van der Waals surface area contributed by atoms with Gasteiger partial charge in [-0.2, -0.15) is 0 Å². The van der Waals surface area contributed by atoms with E-state index in [1.807, 2.05) is 6.08 Å². The van der Waals surface area contributed by atoms with Crippen molar-refractivity contribution in [1.29, 1.82) is 0 Å². The Labute approximate surface area is 176 Å². The quantitative estimate of drug-likeness (QED) is 0.277. The third-order valence-electron chi connectivity index (χ3n) is 6.37. The van der Waals surface area contributed by atoms with Crippen LogP contribution >= 0.6 is 7.19 Å². The molecule has 0 bridgehead atoms. The van der Waals surface area contributed by atoms with Gasteiger partial charge in [-0.1, -0.05) is 49.6 Å². The van der Waals surface area contributed by atoms with Crippen LogP contribution in [0, 0.1) is 6.92 Å². The maximum Gasteiger partial charge on any atom is 0.0350 e. The van der Waals surface area contributed by atoms with Gasteiger partial charge in [0.05, 0.1) is 0 Å². The predicted octanol–water partition coefficient (Wildman–Crippen LogP) is 4.91. The molecular formula is C25H34N3P. The van der Waals surface area contributed by atoms with Gasteiger partial charge >= 0.3 is 0 Å². The molecule has 1 unspecified atom stereocenters. The SMILES string of the molecule is C=CCc1ccc(Cc2cc(C(C)CP(=C)(N3CC3)N3CC3)ccc2N)cc1C. The van der Waals surface area contributed by atoms with Crippen molar-refractivity contribution in [3.05, 3.63) is 76.9 Å². The smallest absolute Gasteiger partial charge is 0.0350 e. The minimum atomic E-state index is -1.35. The summed E-state index contributed by atoms with van der Waals surface area (Å²) in [6.45, 7) is 13.3. The standard InChI is InChI=1S/C25H34N3P/c1-5-6-22-8-7-21(15-19(22)2)16-24-17-23(9-10-25(24)26)20(3)18-29(4,27-11-12-27)28-13-14-28/h5,7-10,15,17,20H,1,4,6,11-14,16,18,26H2,2-3H3. The van der Waals surface area contributed by atoms with Crippen LogP contribution in [0.4, 0.5) is 5.69 Å². The van der Waals surface area contributed by atoms with E-state index in [-0.39, 0.29) is 0 Å². The van der Waals surface area contributed by atoms with Gasteiger partial charge in [-0.15, -0.1) is 6.58 Å². The number of nitrogens with two attached hydrogens (primary N) is 1. The van der Waals surface area contributed by atoms with Crippen molar-refractivity contribution in [3.63, 3.8) is 0 Å². The number of nitrogens with zero attached hydrogens (tertiary/aromatic N) is 2. The third-order valence-corrected chi connectivity index (χ3v) is 10.4. The van der Waals surface area contributed by atoms with Crippen molar-refractivity contribution in [1.82, 2.24) is 9.34 Å². The monoisotopic (exact) mass is 407 g/mol. The van der Waals surface area contributed by atoms with Gasteiger partial charge in [0.2, 0.25) is 0 Å². The molecule has 2 N–H and O–H groups in total. The van der Waals surface area contributed by atoms with E-state index in [0.717, 1.165) is 18.5 Å². The Balaban J connectivity index is 1.52. The molecule has 1 atom stereocenters. The molecule has 0 aromatic heterocycles. The highest BCUT2D eigenvalue weighted by Crippen LogP contribution is 2.61. The van der Waals surface area contributed by atoms with Crippen molar-refractivity contribution < 1.29 is 0 Å². The zero-order chi connectivity index (χ0) is 20.6. The number of allylic oxidation sites excluding steroid dienone is 1. The number of hydrogen-bond donors (Lipinski definition) is 1. The molecule has 3 nitrogen and oxygen atoms in total. The summed E-state index contributed by atoms with van der Waals surface area (Å²) >= 11 is 0. The van der Waals surface area contributed by atoms with Gasteiger partial charge in [0, 0.05) is 39.1 Å². The Morgan fingerprint density at radius 1 is 1.07 bits per heavy atom. The molecule has 2 aliphatic rings. The van der Waals surface area contributed by atoms with Crippen LogP contribution in [0.2, 0.25) is 0 Å². The molecule has 2 aromatic rings. The van der Waals surface area contributed by atoms with E-state index < -0.39 is 7.19 Å². The normalized spacial score (nSPS) is 17.9. The van der Waals surface area contributed by atoms with E-state index in [1.165, 1.54) is 60.2 Å². The lowest BCUT2D eigenvalue weighted by molar-refractivity contribution is 0.750. The zero-order valence-electron chi connectivity index (χ0n) is 17.9. The minimum absolute atomic E-state index is 0.498. The molecule has 0 amide bonds. The second-order valence-corrected chi connectivity index (χ2v) is 12.0. The van der Waals surface area contributed by atoms with E-state index in [9.17, 15) is 0 Å². The molecule has 0 spiro atoms. The summed E-state index contributed by atoms with van der Waals surface area (Å²) in [7, 11) is -1.35. The molecule has 2 aromatic carbocycles. The van der Waals surface area contributed by atoms with Crippen LogP contribution in [0.25, 0.3) is 0 Å². The van der Waals surface area contributed by atoms with Crippen molar-refractivity contribution in [2.24, 2.45) is 0 Å². The average molecular weight is 408 g/mol. The number of anilines is 1. The second-order valence-electron chi connectivity index (χ2n) is 8.76. The van der Waals surface area contributed by atoms with E-state index in [0.29, 0.717) is 5.92 Å². The van der Waals surface area contributed by atoms with Crippen LogP contribution < -0.4 is 5.73 Å². The van der Waals surface area contributed by atoms with Gasteiger partial charge in [0.1, 0.15) is 0 Å². The molecule has 2 saturated heterocycles. The van der Waals surface area contributed by atoms with Crippen molar-refractivity contribution >= 4 is 19.2 Å². The van der Waals surface area contributed by atoms with Crippen LogP contribution in [-0.2, 0) is 12.8 Å². The number of benzene rings is 2. The Hall–Kier alpha value is -1.80. The summed E-state index contributed by atoms with van der Waals surface area (Å²) < 4.78 is 5.23. The molecule has 2 heterocycles. The summed E-state index contributed by atoms with van der Waals surface area (Å²) in [4.78, 5) is 0. The summed E-state index contributed by atoms with van der Waals surface area (Å²) in [6, 6.07) is 13.4. The maximum atomic E-state index is 6.36. The van der Waals surface area contributed by atoms with Crippen LogP contribution in [0.15, 0.2) is 49.1 Å². The Morgan fingerprint density at radius 2 is 1.76 bits per heavy atom. The summed E-state index contributed by atoms with van der Waals surface area (Å²) in [5.41, 5.74) is 13.9. The fourth-order valence-corrected chi connectivity index (χ4v) is 7.92. The van der Waals surface area contributed by atoms with Gasteiger partial charge < -0.3 is 5.73 Å². The molecule has 29 heavy (non-hydrogen) atoms.